The lowest BCUT2D eigenvalue weighted by Crippen LogP contribution is -1.82. The molecule has 4 rings (SSSR count). The van der Waals surface area contributed by atoms with E-state index < -0.39 is 0 Å². The highest BCUT2D eigenvalue weighted by atomic mass is 32.1. The Kier molecular flexibility index (Phi) is 2.79. The Labute approximate surface area is 122 Å². The van der Waals surface area contributed by atoms with Crippen molar-refractivity contribution in [2.75, 3.05) is 0 Å². The number of thiophene rings is 1. The van der Waals surface area contributed by atoms with Crippen LogP contribution in [0.5, 0.6) is 0 Å². The first-order valence-electron chi connectivity index (χ1n) is 6.84. The summed E-state index contributed by atoms with van der Waals surface area (Å²) in [7, 11) is 0. The molecule has 4 aromatic rings. The maximum atomic E-state index is 2.36. The zero-order valence-electron chi connectivity index (χ0n) is 11.0. The van der Waals surface area contributed by atoms with E-state index in [4.69, 9.17) is 0 Å². The minimum Gasteiger partial charge on any atom is -0.140 e. The molecule has 0 aliphatic heterocycles. The first kappa shape index (κ1) is 11.7. The standard InChI is InChI=1S/C19H14S/c1-2-6-14(7-3-1)12-16-13-18-17-9-5-4-8-15(17)10-11-19(18)20-16/h1-11,13H,12H2. The molecule has 0 spiro atoms. The second-order valence-electron chi connectivity index (χ2n) is 5.07. The average Bonchev–Trinajstić information content (AvgIpc) is 2.91. The molecule has 0 aliphatic rings. The van der Waals surface area contributed by atoms with Crippen molar-refractivity contribution < 1.29 is 0 Å². The molecule has 1 aromatic heterocycles. The molecule has 0 aliphatic carbocycles. The van der Waals surface area contributed by atoms with Crippen molar-refractivity contribution in [2.24, 2.45) is 0 Å². The number of rotatable bonds is 2. The van der Waals surface area contributed by atoms with E-state index in [0.29, 0.717) is 0 Å². The number of hydrogen-bond acceptors (Lipinski definition) is 1. The van der Waals surface area contributed by atoms with Crippen LogP contribution in [0.4, 0.5) is 0 Å². The maximum Gasteiger partial charge on any atom is 0.0352 e. The summed E-state index contributed by atoms with van der Waals surface area (Å²) in [6.07, 6.45) is 1.02. The second kappa shape index (κ2) is 4.77. The number of fused-ring (bicyclic) bond motifs is 3. The van der Waals surface area contributed by atoms with E-state index in [2.05, 4.69) is 72.8 Å². The number of hydrogen-bond donors (Lipinski definition) is 0. The molecule has 0 saturated carbocycles. The molecule has 1 heterocycles. The van der Waals surface area contributed by atoms with Crippen molar-refractivity contribution in [3.8, 4) is 0 Å². The van der Waals surface area contributed by atoms with Gasteiger partial charge in [0.05, 0.1) is 0 Å². The number of benzene rings is 3. The van der Waals surface area contributed by atoms with Crippen LogP contribution in [0.15, 0.2) is 72.8 Å². The maximum absolute atomic E-state index is 2.36. The van der Waals surface area contributed by atoms with E-state index in [-0.39, 0.29) is 0 Å². The molecule has 1 heteroatoms. The van der Waals surface area contributed by atoms with Gasteiger partial charge in [-0.2, -0.15) is 0 Å². The summed E-state index contributed by atoms with van der Waals surface area (Å²) in [4.78, 5) is 1.43. The van der Waals surface area contributed by atoms with Crippen LogP contribution in [0.25, 0.3) is 20.9 Å². The summed E-state index contributed by atoms with van der Waals surface area (Å²) in [6.45, 7) is 0. The van der Waals surface area contributed by atoms with Gasteiger partial charge in [-0.25, -0.2) is 0 Å². The third kappa shape index (κ3) is 2.00. The third-order valence-electron chi connectivity index (χ3n) is 3.70. The smallest absolute Gasteiger partial charge is 0.0352 e. The molecular formula is C19H14S. The normalized spacial score (nSPS) is 11.2. The Morgan fingerprint density at radius 2 is 1.50 bits per heavy atom. The zero-order valence-corrected chi connectivity index (χ0v) is 11.9. The second-order valence-corrected chi connectivity index (χ2v) is 6.24. The van der Waals surface area contributed by atoms with E-state index in [9.17, 15) is 0 Å². The minimum absolute atomic E-state index is 1.02. The Hall–Kier alpha value is -2.12. The van der Waals surface area contributed by atoms with Crippen LogP contribution < -0.4 is 0 Å². The molecule has 0 radical (unpaired) electrons. The molecule has 0 amide bonds. The summed E-state index contributed by atoms with van der Waals surface area (Å²) >= 11 is 1.91. The van der Waals surface area contributed by atoms with Gasteiger partial charge in [0.1, 0.15) is 0 Å². The molecule has 0 unspecified atom stereocenters. The van der Waals surface area contributed by atoms with Crippen molar-refractivity contribution in [3.05, 3.63) is 83.2 Å². The van der Waals surface area contributed by atoms with Crippen molar-refractivity contribution >= 4 is 32.2 Å². The SMILES string of the molecule is c1ccc(Cc2cc3c(ccc4ccccc43)s2)cc1. The minimum atomic E-state index is 1.02. The molecule has 3 aromatic carbocycles. The summed E-state index contributed by atoms with van der Waals surface area (Å²) in [5, 5.41) is 4.07. The predicted octanol–water partition coefficient (Wildman–Crippen LogP) is 5.65. The molecule has 20 heavy (non-hydrogen) atoms. The fraction of sp³-hybridized carbons (Fsp3) is 0.0526. The van der Waals surface area contributed by atoms with Gasteiger partial charge in [0, 0.05) is 21.4 Å². The molecule has 0 fully saturated rings. The highest BCUT2D eigenvalue weighted by Gasteiger charge is 2.06. The van der Waals surface area contributed by atoms with Gasteiger partial charge in [-0.1, -0.05) is 60.7 Å². The van der Waals surface area contributed by atoms with Crippen LogP contribution >= 0.6 is 11.3 Å². The van der Waals surface area contributed by atoms with Gasteiger partial charge in [0.25, 0.3) is 0 Å². The van der Waals surface area contributed by atoms with E-state index in [0.717, 1.165) is 6.42 Å². The largest absolute Gasteiger partial charge is 0.140 e. The Morgan fingerprint density at radius 1 is 0.700 bits per heavy atom. The quantitative estimate of drug-likeness (QED) is 0.443. The molecular weight excluding hydrogens is 260 g/mol. The van der Waals surface area contributed by atoms with Gasteiger partial charge in [-0.15, -0.1) is 11.3 Å². The van der Waals surface area contributed by atoms with E-state index in [1.165, 1.54) is 31.3 Å². The van der Waals surface area contributed by atoms with Crippen molar-refractivity contribution in [3.63, 3.8) is 0 Å². The zero-order chi connectivity index (χ0) is 13.4. The summed E-state index contributed by atoms with van der Waals surface area (Å²) in [5.41, 5.74) is 1.38. The lowest BCUT2D eigenvalue weighted by atomic mass is 10.1. The van der Waals surface area contributed by atoms with Gasteiger partial charge < -0.3 is 0 Å². The Balaban J connectivity index is 1.84. The van der Waals surface area contributed by atoms with Gasteiger partial charge in [-0.3, -0.25) is 0 Å². The van der Waals surface area contributed by atoms with Crippen molar-refractivity contribution in [2.45, 2.75) is 6.42 Å². The highest BCUT2D eigenvalue weighted by molar-refractivity contribution is 7.19. The third-order valence-corrected chi connectivity index (χ3v) is 4.80. The summed E-state index contributed by atoms with van der Waals surface area (Å²) in [5.74, 6) is 0. The van der Waals surface area contributed by atoms with Gasteiger partial charge >= 0.3 is 0 Å². The lowest BCUT2D eigenvalue weighted by molar-refractivity contribution is 1.24. The molecule has 0 saturated heterocycles. The van der Waals surface area contributed by atoms with Gasteiger partial charge in [0.2, 0.25) is 0 Å². The van der Waals surface area contributed by atoms with Crippen LogP contribution in [-0.2, 0) is 6.42 Å². The Bertz CT molecular complexity index is 872. The summed E-state index contributed by atoms with van der Waals surface area (Å²) in [6, 6.07) is 26.1. The van der Waals surface area contributed by atoms with E-state index in [1.54, 1.807) is 0 Å². The Morgan fingerprint density at radius 3 is 2.40 bits per heavy atom. The van der Waals surface area contributed by atoms with Crippen molar-refractivity contribution in [1.29, 1.82) is 0 Å². The van der Waals surface area contributed by atoms with E-state index >= 15 is 0 Å². The molecule has 96 valence electrons. The van der Waals surface area contributed by atoms with E-state index in [1.807, 2.05) is 11.3 Å². The average molecular weight is 274 g/mol. The summed E-state index contributed by atoms with van der Waals surface area (Å²) < 4.78 is 1.38. The molecule has 0 bridgehead atoms. The predicted molar refractivity (Wildman–Crippen MR) is 88.6 cm³/mol. The highest BCUT2D eigenvalue weighted by Crippen LogP contribution is 2.32. The van der Waals surface area contributed by atoms with Crippen LogP contribution in [0.2, 0.25) is 0 Å². The van der Waals surface area contributed by atoms with Crippen LogP contribution in [0.1, 0.15) is 10.4 Å². The fourth-order valence-electron chi connectivity index (χ4n) is 2.73. The van der Waals surface area contributed by atoms with Crippen LogP contribution in [0.3, 0.4) is 0 Å². The van der Waals surface area contributed by atoms with Crippen LogP contribution in [0, 0.1) is 0 Å². The monoisotopic (exact) mass is 274 g/mol. The topological polar surface area (TPSA) is 0 Å². The van der Waals surface area contributed by atoms with Crippen LogP contribution in [-0.4, -0.2) is 0 Å². The molecule has 0 atom stereocenters. The van der Waals surface area contributed by atoms with Gasteiger partial charge in [0.15, 0.2) is 0 Å². The van der Waals surface area contributed by atoms with Gasteiger partial charge in [-0.05, 0) is 28.5 Å². The first-order chi connectivity index (χ1) is 9.90. The molecule has 0 N–H and O–H groups in total. The fourth-order valence-corrected chi connectivity index (χ4v) is 3.84. The lowest BCUT2D eigenvalue weighted by Gasteiger charge is -1.97. The first-order valence-corrected chi connectivity index (χ1v) is 7.66. The molecule has 0 nitrogen and oxygen atoms in total. The van der Waals surface area contributed by atoms with Crippen molar-refractivity contribution in [1.82, 2.24) is 0 Å².